The Hall–Kier alpha value is -1.70. The molecule has 1 aromatic rings. The molecule has 0 aliphatic heterocycles. The van der Waals surface area contributed by atoms with E-state index in [4.69, 9.17) is 11.5 Å². The number of rotatable bonds is 2. The van der Waals surface area contributed by atoms with Crippen LogP contribution < -0.4 is 11.5 Å². The molecule has 18 heavy (non-hydrogen) atoms. The number of nitrogen functional groups attached to an aromatic ring is 1. The van der Waals surface area contributed by atoms with Crippen LogP contribution in [0.25, 0.3) is 0 Å². The van der Waals surface area contributed by atoms with Gasteiger partial charge in [-0.3, -0.25) is 0 Å². The second-order valence-corrected chi connectivity index (χ2v) is 5.34. The van der Waals surface area contributed by atoms with E-state index in [9.17, 15) is 0 Å². The lowest BCUT2D eigenvalue weighted by Gasteiger charge is -2.24. The van der Waals surface area contributed by atoms with Gasteiger partial charge < -0.3 is 11.5 Å². The fourth-order valence-electron chi connectivity index (χ4n) is 2.47. The van der Waals surface area contributed by atoms with E-state index >= 15 is 0 Å². The smallest absolute Gasteiger partial charge is 0.0349 e. The Kier molecular flexibility index (Phi) is 3.46. The van der Waals surface area contributed by atoms with Crippen molar-refractivity contribution in [1.82, 2.24) is 0 Å². The summed E-state index contributed by atoms with van der Waals surface area (Å²) in [5, 5.41) is 0. The van der Waals surface area contributed by atoms with E-state index in [-0.39, 0.29) is 0 Å². The first kappa shape index (κ1) is 12.7. The summed E-state index contributed by atoms with van der Waals surface area (Å²) in [4.78, 5) is 0. The van der Waals surface area contributed by atoms with E-state index in [0.29, 0.717) is 11.8 Å². The zero-order valence-electron chi connectivity index (χ0n) is 11.4. The summed E-state index contributed by atoms with van der Waals surface area (Å²) >= 11 is 0. The summed E-state index contributed by atoms with van der Waals surface area (Å²) in [6.45, 7) is 6.37. The molecule has 0 heterocycles. The first-order valence-electron chi connectivity index (χ1n) is 6.48. The minimum absolute atomic E-state index is 0.401. The number of benzene rings is 1. The van der Waals surface area contributed by atoms with Crippen molar-refractivity contribution in [2.75, 3.05) is 5.73 Å². The second-order valence-electron chi connectivity index (χ2n) is 5.34. The van der Waals surface area contributed by atoms with Crippen molar-refractivity contribution in [3.05, 3.63) is 52.7 Å². The molecule has 0 radical (unpaired) electrons. The van der Waals surface area contributed by atoms with Crippen LogP contribution in [0.4, 0.5) is 5.69 Å². The molecule has 0 aromatic heterocycles. The first-order valence-corrected chi connectivity index (χ1v) is 6.48. The third-order valence-electron chi connectivity index (χ3n) is 4.05. The summed E-state index contributed by atoms with van der Waals surface area (Å²) < 4.78 is 0. The zero-order valence-corrected chi connectivity index (χ0v) is 11.4. The van der Waals surface area contributed by atoms with Crippen molar-refractivity contribution in [3.63, 3.8) is 0 Å². The lowest BCUT2D eigenvalue weighted by atomic mass is 9.82. The molecule has 1 aliphatic rings. The normalized spacial score (nSPS) is 22.9. The standard InChI is InChI=1S/C16H22N2/c1-10-7-13(9-16(18)11(10)2)8-14-5-4-6-15(17)12(14)3/h4-7,9,12,14H,8,17-18H2,1-3H3. The summed E-state index contributed by atoms with van der Waals surface area (Å²) in [7, 11) is 0. The van der Waals surface area contributed by atoms with Crippen molar-refractivity contribution >= 4 is 5.69 Å². The molecule has 4 N–H and O–H groups in total. The van der Waals surface area contributed by atoms with E-state index in [1.54, 1.807) is 0 Å². The van der Waals surface area contributed by atoms with Crippen LogP contribution in [-0.2, 0) is 6.42 Å². The highest BCUT2D eigenvalue weighted by molar-refractivity contribution is 5.52. The van der Waals surface area contributed by atoms with Gasteiger partial charge in [0.1, 0.15) is 0 Å². The number of aryl methyl sites for hydroxylation is 1. The molecule has 2 unspecified atom stereocenters. The quantitative estimate of drug-likeness (QED) is 0.783. The topological polar surface area (TPSA) is 52.0 Å². The van der Waals surface area contributed by atoms with Gasteiger partial charge in [0, 0.05) is 17.3 Å². The van der Waals surface area contributed by atoms with Gasteiger partial charge in [-0.1, -0.05) is 25.1 Å². The van der Waals surface area contributed by atoms with Gasteiger partial charge in [0.05, 0.1) is 0 Å². The fraction of sp³-hybridized carbons (Fsp3) is 0.375. The van der Waals surface area contributed by atoms with Crippen molar-refractivity contribution in [1.29, 1.82) is 0 Å². The molecule has 0 saturated heterocycles. The lowest BCUT2D eigenvalue weighted by molar-refractivity contribution is 0.476. The van der Waals surface area contributed by atoms with Gasteiger partial charge in [-0.25, -0.2) is 0 Å². The zero-order chi connectivity index (χ0) is 13.3. The maximum atomic E-state index is 6.03. The minimum Gasteiger partial charge on any atom is -0.402 e. The highest BCUT2D eigenvalue weighted by Crippen LogP contribution is 2.28. The SMILES string of the molecule is Cc1cc(CC2C=CC=C(N)C2C)cc(N)c1C. The van der Waals surface area contributed by atoms with Gasteiger partial charge in [-0.15, -0.1) is 0 Å². The van der Waals surface area contributed by atoms with E-state index in [1.165, 1.54) is 16.7 Å². The van der Waals surface area contributed by atoms with Crippen molar-refractivity contribution < 1.29 is 0 Å². The summed E-state index contributed by atoms with van der Waals surface area (Å²) in [5.41, 5.74) is 17.6. The van der Waals surface area contributed by atoms with Crippen LogP contribution in [0.3, 0.4) is 0 Å². The third-order valence-corrected chi connectivity index (χ3v) is 4.05. The second kappa shape index (κ2) is 4.89. The fourth-order valence-corrected chi connectivity index (χ4v) is 2.47. The molecule has 2 rings (SSSR count). The molecular formula is C16H22N2. The minimum atomic E-state index is 0.401. The molecule has 96 valence electrons. The molecule has 0 bridgehead atoms. The van der Waals surface area contributed by atoms with Gasteiger partial charge in [0.25, 0.3) is 0 Å². The predicted molar refractivity (Wildman–Crippen MR) is 78.1 cm³/mol. The largest absolute Gasteiger partial charge is 0.402 e. The summed E-state index contributed by atoms with van der Waals surface area (Å²) in [6, 6.07) is 4.33. The maximum Gasteiger partial charge on any atom is 0.0349 e. The van der Waals surface area contributed by atoms with Gasteiger partial charge in [-0.2, -0.15) is 0 Å². The Morgan fingerprint density at radius 1 is 1.17 bits per heavy atom. The maximum absolute atomic E-state index is 6.03. The number of anilines is 1. The highest BCUT2D eigenvalue weighted by atomic mass is 14.6. The van der Waals surface area contributed by atoms with Gasteiger partial charge in [-0.05, 0) is 55.0 Å². The van der Waals surface area contributed by atoms with E-state index in [2.05, 4.69) is 45.1 Å². The average Bonchev–Trinajstić information content (AvgIpc) is 2.32. The Labute approximate surface area is 109 Å². The van der Waals surface area contributed by atoms with Crippen LogP contribution in [0, 0.1) is 25.7 Å². The molecule has 0 saturated carbocycles. The van der Waals surface area contributed by atoms with Crippen LogP contribution in [0.2, 0.25) is 0 Å². The molecule has 2 nitrogen and oxygen atoms in total. The third kappa shape index (κ3) is 2.42. The number of hydrogen-bond donors (Lipinski definition) is 2. The van der Waals surface area contributed by atoms with Gasteiger partial charge >= 0.3 is 0 Å². The average molecular weight is 242 g/mol. The molecule has 0 amide bonds. The Balaban J connectivity index is 2.20. The lowest BCUT2D eigenvalue weighted by Crippen LogP contribution is -2.21. The van der Waals surface area contributed by atoms with E-state index in [1.807, 2.05) is 6.08 Å². The van der Waals surface area contributed by atoms with Gasteiger partial charge in [0.15, 0.2) is 0 Å². The van der Waals surface area contributed by atoms with Crippen LogP contribution in [0.5, 0.6) is 0 Å². The Bertz CT molecular complexity index is 489. The van der Waals surface area contributed by atoms with Gasteiger partial charge in [0.2, 0.25) is 0 Å². The van der Waals surface area contributed by atoms with Crippen molar-refractivity contribution in [2.24, 2.45) is 17.6 Å². The molecule has 2 heteroatoms. The van der Waals surface area contributed by atoms with E-state index in [0.717, 1.165) is 17.8 Å². The first-order chi connectivity index (χ1) is 8.49. The summed E-state index contributed by atoms with van der Waals surface area (Å²) in [5.74, 6) is 0.870. The molecule has 2 atom stereocenters. The predicted octanol–water partition coefficient (Wildman–Crippen LogP) is 3.09. The van der Waals surface area contributed by atoms with Crippen LogP contribution in [0.15, 0.2) is 36.1 Å². The van der Waals surface area contributed by atoms with Crippen LogP contribution in [0.1, 0.15) is 23.6 Å². The monoisotopic (exact) mass is 242 g/mol. The highest BCUT2D eigenvalue weighted by Gasteiger charge is 2.19. The van der Waals surface area contributed by atoms with Crippen LogP contribution >= 0.6 is 0 Å². The Morgan fingerprint density at radius 3 is 2.56 bits per heavy atom. The molecule has 1 aromatic carbocycles. The van der Waals surface area contributed by atoms with Crippen molar-refractivity contribution in [2.45, 2.75) is 27.2 Å². The van der Waals surface area contributed by atoms with E-state index < -0.39 is 0 Å². The molecule has 0 fully saturated rings. The number of nitrogens with two attached hydrogens (primary N) is 2. The number of hydrogen-bond acceptors (Lipinski definition) is 2. The van der Waals surface area contributed by atoms with Crippen LogP contribution in [-0.4, -0.2) is 0 Å². The van der Waals surface area contributed by atoms with Crippen molar-refractivity contribution in [3.8, 4) is 0 Å². The molecular weight excluding hydrogens is 220 g/mol. The number of allylic oxidation sites excluding steroid dienone is 4. The summed E-state index contributed by atoms with van der Waals surface area (Å²) in [6.07, 6.45) is 7.30. The Morgan fingerprint density at radius 2 is 1.89 bits per heavy atom. The molecule has 0 spiro atoms. The molecule has 1 aliphatic carbocycles.